The van der Waals surface area contributed by atoms with Gasteiger partial charge in [-0.15, -0.1) is 16.4 Å². The number of piperidine rings is 1. The first-order chi connectivity index (χ1) is 11.7. The summed E-state index contributed by atoms with van der Waals surface area (Å²) in [5, 5.41) is 10.6. The number of thiophene rings is 1. The molecule has 1 fully saturated rings. The van der Waals surface area contributed by atoms with Crippen LogP contribution in [0.1, 0.15) is 18.5 Å². The van der Waals surface area contributed by atoms with Crippen LogP contribution in [0.4, 0.5) is 11.6 Å². The van der Waals surface area contributed by atoms with Crippen LogP contribution in [0, 0.1) is 6.92 Å². The number of aryl methyl sites for hydroxylation is 1. The number of aromatic nitrogens is 4. The monoisotopic (exact) mass is 340 g/mol. The molecule has 4 heterocycles. The van der Waals surface area contributed by atoms with Gasteiger partial charge >= 0.3 is 0 Å². The van der Waals surface area contributed by atoms with Crippen molar-refractivity contribution in [2.24, 2.45) is 0 Å². The predicted octanol–water partition coefficient (Wildman–Crippen LogP) is 2.89. The highest BCUT2D eigenvalue weighted by molar-refractivity contribution is 7.17. The molecule has 3 aromatic rings. The minimum atomic E-state index is 0.405. The highest BCUT2D eigenvalue weighted by atomic mass is 32.1. The van der Waals surface area contributed by atoms with Crippen molar-refractivity contribution < 1.29 is 0 Å². The van der Waals surface area contributed by atoms with Crippen molar-refractivity contribution in [2.75, 3.05) is 29.9 Å². The summed E-state index contributed by atoms with van der Waals surface area (Å²) in [5.41, 5.74) is 1.97. The Bertz CT molecular complexity index is 830. The number of nitrogens with zero attached hydrogens (tertiary/aromatic N) is 6. The molecule has 0 aliphatic carbocycles. The van der Waals surface area contributed by atoms with Crippen molar-refractivity contribution >= 4 is 33.2 Å². The predicted molar refractivity (Wildman–Crippen MR) is 97.8 cm³/mol. The minimum absolute atomic E-state index is 0.405. The van der Waals surface area contributed by atoms with Crippen LogP contribution in [-0.4, -0.2) is 46.3 Å². The second-order valence-electron chi connectivity index (χ2n) is 6.22. The van der Waals surface area contributed by atoms with E-state index in [4.69, 9.17) is 0 Å². The van der Waals surface area contributed by atoms with Crippen LogP contribution >= 0.6 is 11.3 Å². The third-order valence-electron chi connectivity index (χ3n) is 4.61. The molecule has 0 aromatic carbocycles. The third-order valence-corrected chi connectivity index (χ3v) is 5.51. The molecule has 3 aromatic heterocycles. The Labute approximate surface area is 145 Å². The van der Waals surface area contributed by atoms with Gasteiger partial charge in [0.25, 0.3) is 0 Å². The molecule has 6 nitrogen and oxygen atoms in total. The molecule has 1 atom stereocenters. The van der Waals surface area contributed by atoms with Crippen molar-refractivity contribution in [1.29, 1.82) is 0 Å². The fraction of sp³-hybridized carbons (Fsp3) is 0.412. The van der Waals surface area contributed by atoms with Crippen LogP contribution in [0.15, 0.2) is 29.9 Å². The van der Waals surface area contributed by atoms with E-state index >= 15 is 0 Å². The lowest BCUT2D eigenvalue weighted by molar-refractivity contribution is 0.483. The van der Waals surface area contributed by atoms with Crippen molar-refractivity contribution in [1.82, 2.24) is 20.2 Å². The number of anilines is 2. The van der Waals surface area contributed by atoms with E-state index < -0.39 is 0 Å². The van der Waals surface area contributed by atoms with Gasteiger partial charge < -0.3 is 9.80 Å². The number of hydrogen-bond acceptors (Lipinski definition) is 7. The number of rotatable bonds is 3. The summed E-state index contributed by atoms with van der Waals surface area (Å²) >= 11 is 1.70. The molecule has 24 heavy (non-hydrogen) atoms. The Hall–Kier alpha value is -2.28. The Morgan fingerprint density at radius 3 is 2.96 bits per heavy atom. The van der Waals surface area contributed by atoms with Gasteiger partial charge in [0.15, 0.2) is 5.82 Å². The van der Waals surface area contributed by atoms with Crippen LogP contribution in [-0.2, 0) is 0 Å². The lowest BCUT2D eigenvalue weighted by Gasteiger charge is -2.38. The van der Waals surface area contributed by atoms with Crippen LogP contribution < -0.4 is 9.80 Å². The van der Waals surface area contributed by atoms with Gasteiger partial charge in [-0.2, -0.15) is 5.10 Å². The lowest BCUT2D eigenvalue weighted by atomic mass is 10.0. The molecule has 1 aliphatic heterocycles. The van der Waals surface area contributed by atoms with E-state index in [1.807, 2.05) is 19.1 Å². The lowest BCUT2D eigenvalue weighted by Crippen LogP contribution is -2.47. The Kier molecular flexibility index (Phi) is 4.02. The highest BCUT2D eigenvalue weighted by Crippen LogP contribution is 2.30. The van der Waals surface area contributed by atoms with Crippen LogP contribution in [0.3, 0.4) is 0 Å². The molecule has 0 saturated carbocycles. The summed E-state index contributed by atoms with van der Waals surface area (Å²) in [7, 11) is 2.14. The van der Waals surface area contributed by atoms with Crippen molar-refractivity contribution in [2.45, 2.75) is 25.8 Å². The molecule has 0 radical (unpaired) electrons. The number of fused-ring (bicyclic) bond motifs is 1. The Morgan fingerprint density at radius 1 is 1.21 bits per heavy atom. The third kappa shape index (κ3) is 2.80. The summed E-state index contributed by atoms with van der Waals surface area (Å²) in [4.78, 5) is 13.5. The minimum Gasteiger partial charge on any atom is -0.354 e. The summed E-state index contributed by atoms with van der Waals surface area (Å²) in [5.74, 6) is 1.99. The van der Waals surface area contributed by atoms with Gasteiger partial charge in [0.05, 0.1) is 15.9 Å². The van der Waals surface area contributed by atoms with E-state index in [1.165, 1.54) is 0 Å². The van der Waals surface area contributed by atoms with Gasteiger partial charge in [0.1, 0.15) is 12.1 Å². The van der Waals surface area contributed by atoms with Gasteiger partial charge in [-0.3, -0.25) is 0 Å². The fourth-order valence-electron chi connectivity index (χ4n) is 3.24. The number of likely N-dealkylation sites (N-methyl/N-ethyl adjacent to an activating group) is 1. The average Bonchev–Trinajstić information content (AvgIpc) is 3.10. The molecule has 0 unspecified atom stereocenters. The van der Waals surface area contributed by atoms with E-state index in [-0.39, 0.29) is 0 Å². The molecule has 1 saturated heterocycles. The molecule has 124 valence electrons. The van der Waals surface area contributed by atoms with Crippen LogP contribution in [0.5, 0.6) is 0 Å². The van der Waals surface area contributed by atoms with Gasteiger partial charge in [-0.05, 0) is 43.3 Å². The van der Waals surface area contributed by atoms with Crippen molar-refractivity contribution in [3.05, 3.63) is 35.6 Å². The topological polar surface area (TPSA) is 58.0 Å². The summed E-state index contributed by atoms with van der Waals surface area (Å²) in [6.07, 6.45) is 3.96. The Morgan fingerprint density at radius 2 is 2.12 bits per heavy atom. The summed E-state index contributed by atoms with van der Waals surface area (Å²) in [6, 6.07) is 6.54. The SMILES string of the molecule is Cc1ccc(N2CCC[C@@H](N(C)c3ncnc4ccsc34)C2)nn1. The molecular weight excluding hydrogens is 320 g/mol. The molecular formula is C17H20N6S. The van der Waals surface area contributed by atoms with Crippen molar-refractivity contribution in [3.63, 3.8) is 0 Å². The second kappa shape index (κ2) is 6.32. The summed E-state index contributed by atoms with van der Waals surface area (Å²) < 4.78 is 1.16. The second-order valence-corrected chi connectivity index (χ2v) is 7.13. The largest absolute Gasteiger partial charge is 0.354 e. The molecule has 7 heteroatoms. The van der Waals surface area contributed by atoms with E-state index in [2.05, 4.69) is 48.5 Å². The van der Waals surface area contributed by atoms with E-state index in [0.717, 1.165) is 53.5 Å². The van der Waals surface area contributed by atoms with E-state index in [0.29, 0.717) is 6.04 Å². The Balaban J connectivity index is 1.57. The summed E-state index contributed by atoms with van der Waals surface area (Å²) in [6.45, 7) is 3.93. The van der Waals surface area contributed by atoms with Gasteiger partial charge in [-0.1, -0.05) is 0 Å². The molecule has 1 aliphatic rings. The van der Waals surface area contributed by atoms with Crippen LogP contribution in [0.25, 0.3) is 10.2 Å². The van der Waals surface area contributed by atoms with Gasteiger partial charge in [0, 0.05) is 26.2 Å². The fourth-order valence-corrected chi connectivity index (χ4v) is 4.12. The first kappa shape index (κ1) is 15.3. The van der Waals surface area contributed by atoms with Crippen molar-refractivity contribution in [3.8, 4) is 0 Å². The maximum atomic E-state index is 4.54. The van der Waals surface area contributed by atoms with E-state index in [1.54, 1.807) is 17.7 Å². The highest BCUT2D eigenvalue weighted by Gasteiger charge is 2.26. The van der Waals surface area contributed by atoms with Gasteiger partial charge in [-0.25, -0.2) is 9.97 Å². The maximum absolute atomic E-state index is 4.54. The zero-order valence-electron chi connectivity index (χ0n) is 13.9. The quantitative estimate of drug-likeness (QED) is 0.731. The van der Waals surface area contributed by atoms with Gasteiger partial charge in [0.2, 0.25) is 0 Å². The number of hydrogen-bond donors (Lipinski definition) is 0. The smallest absolute Gasteiger partial charge is 0.151 e. The zero-order valence-corrected chi connectivity index (χ0v) is 14.7. The molecule has 0 bridgehead atoms. The molecule has 0 spiro atoms. The van der Waals surface area contributed by atoms with E-state index in [9.17, 15) is 0 Å². The van der Waals surface area contributed by atoms with Crippen LogP contribution in [0.2, 0.25) is 0 Å². The average molecular weight is 340 g/mol. The first-order valence-corrected chi connectivity index (χ1v) is 9.06. The maximum Gasteiger partial charge on any atom is 0.151 e. The first-order valence-electron chi connectivity index (χ1n) is 8.18. The molecule has 4 rings (SSSR count). The molecule has 0 N–H and O–H groups in total. The standard InChI is InChI=1S/C17H20N6S/c1-12-5-6-15(21-20-12)23-8-3-4-13(10-23)22(2)17-16-14(7-9-24-16)18-11-19-17/h5-7,9,11,13H,3-4,8,10H2,1-2H3/t13-/m1/s1. The zero-order chi connectivity index (χ0) is 16.5. The molecule has 0 amide bonds. The normalized spacial score (nSPS) is 18.1.